The number of nitrogens with one attached hydrogen (secondary N) is 1. The first-order valence-electron chi connectivity index (χ1n) is 5.93. The van der Waals surface area contributed by atoms with Gasteiger partial charge in [-0.2, -0.15) is 0 Å². The van der Waals surface area contributed by atoms with E-state index in [0.29, 0.717) is 18.7 Å². The van der Waals surface area contributed by atoms with Gasteiger partial charge in [0.2, 0.25) is 0 Å². The van der Waals surface area contributed by atoms with Gasteiger partial charge in [-0.15, -0.1) is 0 Å². The van der Waals surface area contributed by atoms with E-state index >= 15 is 0 Å². The number of rotatable bonds is 3. The summed E-state index contributed by atoms with van der Waals surface area (Å²) in [6, 6.07) is 5.57. The first kappa shape index (κ1) is 11.0. The standard InChI is InChI=1S/C13H13N3O2/c17-12(18)13(5-2-6-13)11-15-8-4-10(16-11)9-3-1-7-14-9/h1,3-4,7-8,14H,2,5-6H2,(H,17,18). The lowest BCUT2D eigenvalue weighted by Crippen LogP contribution is -2.43. The average Bonchev–Trinajstić information content (AvgIpc) is 2.80. The van der Waals surface area contributed by atoms with E-state index in [1.165, 1.54) is 0 Å². The van der Waals surface area contributed by atoms with E-state index in [-0.39, 0.29) is 0 Å². The summed E-state index contributed by atoms with van der Waals surface area (Å²) in [7, 11) is 0. The monoisotopic (exact) mass is 243 g/mol. The highest BCUT2D eigenvalue weighted by Gasteiger charge is 2.48. The molecule has 92 valence electrons. The summed E-state index contributed by atoms with van der Waals surface area (Å²) in [5.41, 5.74) is 0.735. The first-order valence-corrected chi connectivity index (χ1v) is 5.93. The quantitative estimate of drug-likeness (QED) is 0.863. The van der Waals surface area contributed by atoms with Crippen molar-refractivity contribution in [3.63, 3.8) is 0 Å². The summed E-state index contributed by atoms with van der Waals surface area (Å²) in [5, 5.41) is 9.37. The van der Waals surface area contributed by atoms with Crippen molar-refractivity contribution >= 4 is 5.97 Å². The van der Waals surface area contributed by atoms with Gasteiger partial charge in [-0.25, -0.2) is 9.97 Å². The van der Waals surface area contributed by atoms with Crippen molar-refractivity contribution in [2.24, 2.45) is 0 Å². The van der Waals surface area contributed by atoms with E-state index in [0.717, 1.165) is 17.8 Å². The molecule has 0 radical (unpaired) electrons. The van der Waals surface area contributed by atoms with E-state index in [9.17, 15) is 9.90 Å². The molecule has 0 aromatic carbocycles. The van der Waals surface area contributed by atoms with Crippen LogP contribution in [0.4, 0.5) is 0 Å². The Bertz CT molecular complexity index is 574. The third kappa shape index (κ3) is 1.51. The number of carboxylic acids is 1. The van der Waals surface area contributed by atoms with E-state index < -0.39 is 11.4 Å². The maximum absolute atomic E-state index is 11.4. The lowest BCUT2D eigenvalue weighted by Gasteiger charge is -2.35. The van der Waals surface area contributed by atoms with Crippen LogP contribution < -0.4 is 0 Å². The molecule has 5 nitrogen and oxygen atoms in total. The van der Waals surface area contributed by atoms with E-state index in [1.54, 1.807) is 12.3 Å². The van der Waals surface area contributed by atoms with Gasteiger partial charge in [0.05, 0.1) is 11.4 Å². The Morgan fingerprint density at radius 1 is 1.39 bits per heavy atom. The van der Waals surface area contributed by atoms with Gasteiger partial charge in [-0.3, -0.25) is 4.79 Å². The second kappa shape index (κ2) is 3.94. The van der Waals surface area contributed by atoms with Crippen LogP contribution in [0.3, 0.4) is 0 Å². The fraction of sp³-hybridized carbons (Fsp3) is 0.308. The second-order valence-corrected chi connectivity index (χ2v) is 4.59. The molecule has 2 heterocycles. The number of carboxylic acid groups (broad SMARTS) is 1. The van der Waals surface area contributed by atoms with E-state index in [2.05, 4.69) is 15.0 Å². The lowest BCUT2D eigenvalue weighted by atomic mass is 9.68. The van der Waals surface area contributed by atoms with Crippen LogP contribution in [0.15, 0.2) is 30.6 Å². The molecule has 18 heavy (non-hydrogen) atoms. The number of carbonyl (C=O) groups is 1. The maximum atomic E-state index is 11.4. The van der Waals surface area contributed by atoms with E-state index in [1.807, 2.05) is 18.3 Å². The van der Waals surface area contributed by atoms with Gasteiger partial charge in [0.1, 0.15) is 11.2 Å². The highest BCUT2D eigenvalue weighted by molar-refractivity contribution is 5.81. The van der Waals surface area contributed by atoms with Gasteiger partial charge in [0, 0.05) is 12.4 Å². The summed E-state index contributed by atoms with van der Waals surface area (Å²) < 4.78 is 0. The summed E-state index contributed by atoms with van der Waals surface area (Å²) in [4.78, 5) is 23.0. The van der Waals surface area contributed by atoms with Crippen molar-refractivity contribution in [3.05, 3.63) is 36.4 Å². The van der Waals surface area contributed by atoms with Crippen LogP contribution in [-0.2, 0) is 10.2 Å². The number of aromatic nitrogens is 3. The zero-order valence-corrected chi connectivity index (χ0v) is 9.76. The average molecular weight is 243 g/mol. The number of nitrogens with zero attached hydrogens (tertiary/aromatic N) is 2. The van der Waals surface area contributed by atoms with Crippen molar-refractivity contribution in [2.45, 2.75) is 24.7 Å². The lowest BCUT2D eigenvalue weighted by molar-refractivity contribution is -0.147. The van der Waals surface area contributed by atoms with Crippen LogP contribution in [0.2, 0.25) is 0 Å². The minimum atomic E-state index is -0.872. The molecular weight excluding hydrogens is 230 g/mol. The zero-order chi connectivity index (χ0) is 12.6. The molecule has 1 saturated carbocycles. The molecule has 2 N–H and O–H groups in total. The number of aliphatic carboxylic acids is 1. The Morgan fingerprint density at radius 3 is 2.78 bits per heavy atom. The third-order valence-corrected chi connectivity index (χ3v) is 3.57. The summed E-state index contributed by atoms with van der Waals surface area (Å²) in [6.45, 7) is 0. The number of aromatic amines is 1. The molecule has 0 saturated heterocycles. The van der Waals surface area contributed by atoms with Gasteiger partial charge < -0.3 is 10.1 Å². The Balaban J connectivity index is 2.04. The molecule has 0 aliphatic heterocycles. The molecule has 3 rings (SSSR count). The molecule has 2 aromatic heterocycles. The molecule has 2 aromatic rings. The molecule has 1 fully saturated rings. The van der Waals surface area contributed by atoms with Gasteiger partial charge in [-0.1, -0.05) is 6.42 Å². The highest BCUT2D eigenvalue weighted by atomic mass is 16.4. The van der Waals surface area contributed by atoms with Crippen LogP contribution in [0.1, 0.15) is 25.1 Å². The Hall–Kier alpha value is -2.17. The van der Waals surface area contributed by atoms with E-state index in [4.69, 9.17) is 0 Å². The minimum absolute atomic E-state index is 0.424. The fourth-order valence-corrected chi connectivity index (χ4v) is 2.29. The fourth-order valence-electron chi connectivity index (χ4n) is 2.29. The topological polar surface area (TPSA) is 78.9 Å². The summed E-state index contributed by atoms with van der Waals surface area (Å²) >= 11 is 0. The smallest absolute Gasteiger partial charge is 0.317 e. The number of hydrogen-bond acceptors (Lipinski definition) is 3. The summed E-state index contributed by atoms with van der Waals surface area (Å²) in [6.07, 6.45) is 5.60. The van der Waals surface area contributed by atoms with Crippen LogP contribution in [0, 0.1) is 0 Å². The Labute approximate surface area is 104 Å². The van der Waals surface area contributed by atoms with Crippen molar-refractivity contribution in [1.29, 1.82) is 0 Å². The van der Waals surface area contributed by atoms with Gasteiger partial charge in [-0.05, 0) is 31.0 Å². The summed E-state index contributed by atoms with van der Waals surface area (Å²) in [5.74, 6) is -0.397. The highest BCUT2D eigenvalue weighted by Crippen LogP contribution is 2.42. The van der Waals surface area contributed by atoms with Gasteiger partial charge in [0.25, 0.3) is 0 Å². The van der Waals surface area contributed by atoms with Crippen molar-refractivity contribution in [2.75, 3.05) is 0 Å². The van der Waals surface area contributed by atoms with Crippen molar-refractivity contribution < 1.29 is 9.90 Å². The largest absolute Gasteiger partial charge is 0.480 e. The molecule has 0 atom stereocenters. The first-order chi connectivity index (χ1) is 8.72. The van der Waals surface area contributed by atoms with Crippen LogP contribution in [0.5, 0.6) is 0 Å². The SMILES string of the molecule is O=C(O)C1(c2nccc(-c3ccc[nH]3)n2)CCC1. The second-order valence-electron chi connectivity index (χ2n) is 4.59. The number of H-pyrrole nitrogens is 1. The van der Waals surface area contributed by atoms with Crippen LogP contribution in [0.25, 0.3) is 11.4 Å². The molecule has 0 unspecified atom stereocenters. The minimum Gasteiger partial charge on any atom is -0.480 e. The predicted molar refractivity (Wildman–Crippen MR) is 65.0 cm³/mol. The van der Waals surface area contributed by atoms with Crippen molar-refractivity contribution in [3.8, 4) is 11.4 Å². The Morgan fingerprint density at radius 2 is 2.22 bits per heavy atom. The molecule has 1 aliphatic carbocycles. The molecule has 1 aliphatic rings. The normalized spacial score (nSPS) is 17.1. The predicted octanol–water partition coefficient (Wildman–Crippen LogP) is 1.98. The van der Waals surface area contributed by atoms with Crippen LogP contribution >= 0.6 is 0 Å². The van der Waals surface area contributed by atoms with Gasteiger partial charge in [0.15, 0.2) is 0 Å². The Kier molecular flexibility index (Phi) is 2.40. The van der Waals surface area contributed by atoms with Crippen molar-refractivity contribution in [1.82, 2.24) is 15.0 Å². The van der Waals surface area contributed by atoms with Crippen LogP contribution in [-0.4, -0.2) is 26.0 Å². The maximum Gasteiger partial charge on any atom is 0.317 e. The molecule has 5 heteroatoms. The zero-order valence-electron chi connectivity index (χ0n) is 9.76. The third-order valence-electron chi connectivity index (χ3n) is 3.57. The van der Waals surface area contributed by atoms with Gasteiger partial charge >= 0.3 is 5.97 Å². The molecule has 0 amide bonds. The molecular formula is C13H13N3O2. The molecule has 0 spiro atoms. The molecule has 0 bridgehead atoms. The number of hydrogen-bond donors (Lipinski definition) is 2.